The van der Waals surface area contributed by atoms with Crippen LogP contribution in [0.3, 0.4) is 0 Å². The summed E-state index contributed by atoms with van der Waals surface area (Å²) < 4.78 is 11.4. The van der Waals surface area contributed by atoms with E-state index in [4.69, 9.17) is 21.5 Å². The normalized spacial score (nSPS) is 17.4. The van der Waals surface area contributed by atoms with Crippen LogP contribution in [-0.2, 0) is 14.9 Å². The first-order valence-corrected chi connectivity index (χ1v) is 10.0. The van der Waals surface area contributed by atoms with Gasteiger partial charge in [-0.3, -0.25) is 4.79 Å². The van der Waals surface area contributed by atoms with Crippen LogP contribution in [-0.4, -0.2) is 44.2 Å². The molecule has 0 aliphatic carbocycles. The van der Waals surface area contributed by atoms with Gasteiger partial charge in [0.15, 0.2) is 11.9 Å². The van der Waals surface area contributed by atoms with Crippen LogP contribution in [0.4, 0.5) is 0 Å². The van der Waals surface area contributed by atoms with Gasteiger partial charge in [0.25, 0.3) is 5.89 Å². The number of esters is 1. The van der Waals surface area contributed by atoms with E-state index in [1.807, 2.05) is 20.8 Å². The maximum absolute atomic E-state index is 12.1. The predicted octanol–water partition coefficient (Wildman–Crippen LogP) is 3.72. The van der Waals surface area contributed by atoms with Crippen molar-refractivity contribution in [1.82, 2.24) is 15.0 Å². The maximum Gasteiger partial charge on any atom is 0.317 e. The van der Waals surface area contributed by atoms with Crippen molar-refractivity contribution in [3.8, 4) is 0 Å². The number of carbonyl (C=O) groups is 1. The third kappa shape index (κ3) is 5.95. The first-order chi connectivity index (χ1) is 11.7. The number of piperidine rings is 1. The van der Waals surface area contributed by atoms with Crippen molar-refractivity contribution in [2.75, 3.05) is 18.8 Å². The van der Waals surface area contributed by atoms with Gasteiger partial charge in [0.1, 0.15) is 4.32 Å². The Morgan fingerprint density at radius 1 is 1.44 bits per heavy atom. The van der Waals surface area contributed by atoms with Crippen molar-refractivity contribution < 1.29 is 14.1 Å². The van der Waals surface area contributed by atoms with Gasteiger partial charge < -0.3 is 14.2 Å². The zero-order chi connectivity index (χ0) is 18.6. The zero-order valence-electron chi connectivity index (χ0n) is 15.6. The fourth-order valence-corrected chi connectivity index (χ4v) is 3.42. The van der Waals surface area contributed by atoms with Crippen molar-refractivity contribution in [1.29, 1.82) is 0 Å². The fraction of sp³-hybridized carbons (Fsp3) is 0.765. The number of ether oxygens (including phenoxy) is 1. The van der Waals surface area contributed by atoms with Crippen molar-refractivity contribution in [2.45, 2.75) is 59.0 Å². The van der Waals surface area contributed by atoms with Gasteiger partial charge in [0.05, 0.1) is 5.75 Å². The van der Waals surface area contributed by atoms with Crippen LogP contribution < -0.4 is 0 Å². The molecular weight excluding hydrogens is 358 g/mol. The third-order valence-electron chi connectivity index (χ3n) is 4.12. The van der Waals surface area contributed by atoms with E-state index in [1.165, 1.54) is 11.8 Å². The Bertz CT molecular complexity index is 605. The molecular formula is C17H27N3O3S2. The number of aromatic nitrogens is 2. The molecule has 0 bridgehead atoms. The van der Waals surface area contributed by atoms with Crippen LogP contribution in [0.1, 0.15) is 65.3 Å². The van der Waals surface area contributed by atoms with Gasteiger partial charge in [0.2, 0.25) is 0 Å². The van der Waals surface area contributed by atoms with Crippen molar-refractivity contribution >= 4 is 34.3 Å². The minimum absolute atomic E-state index is 0.190. The number of rotatable bonds is 4. The lowest BCUT2D eigenvalue weighted by atomic mass is 9.96. The summed E-state index contributed by atoms with van der Waals surface area (Å²) in [6, 6.07) is 0. The van der Waals surface area contributed by atoms with Gasteiger partial charge in [-0.05, 0) is 25.7 Å². The van der Waals surface area contributed by atoms with Crippen LogP contribution in [0.25, 0.3) is 0 Å². The van der Waals surface area contributed by atoms with E-state index in [-0.39, 0.29) is 17.1 Å². The molecule has 25 heavy (non-hydrogen) atoms. The topological polar surface area (TPSA) is 68.5 Å². The molecule has 1 atom stereocenters. The van der Waals surface area contributed by atoms with Gasteiger partial charge in [-0.2, -0.15) is 4.98 Å². The Kier molecular flexibility index (Phi) is 6.85. The zero-order valence-corrected chi connectivity index (χ0v) is 17.2. The molecule has 2 heterocycles. The standard InChI is InChI=1S/C17H27N3O3S2/c1-11-6-8-20(9-7-11)16(24)25-10-13(21)22-12(2)14-18-15(19-23-14)17(3,4)5/h11-12H,6-10H2,1-5H3. The molecule has 140 valence electrons. The lowest BCUT2D eigenvalue weighted by Gasteiger charge is -2.31. The largest absolute Gasteiger partial charge is 0.452 e. The molecule has 1 fully saturated rings. The Balaban J connectivity index is 1.77. The van der Waals surface area contributed by atoms with Crippen LogP contribution in [0, 0.1) is 5.92 Å². The molecule has 6 nitrogen and oxygen atoms in total. The maximum atomic E-state index is 12.1. The molecule has 1 unspecified atom stereocenters. The van der Waals surface area contributed by atoms with Crippen LogP contribution in [0.5, 0.6) is 0 Å². The average Bonchev–Trinajstić information content (AvgIpc) is 3.03. The SMILES string of the molecule is CC1CCN(C(=S)SCC(=O)OC(C)c2nc(C(C)(C)C)no2)CC1. The van der Waals surface area contributed by atoms with Gasteiger partial charge in [0, 0.05) is 18.5 Å². The van der Waals surface area contributed by atoms with Crippen LogP contribution in [0.2, 0.25) is 0 Å². The summed E-state index contributed by atoms with van der Waals surface area (Å²) in [5, 5.41) is 3.95. The second-order valence-corrected chi connectivity index (χ2v) is 9.17. The second-order valence-electron chi connectivity index (χ2n) is 7.56. The first kappa shape index (κ1) is 20.2. The summed E-state index contributed by atoms with van der Waals surface area (Å²) in [5.74, 6) is 1.52. The highest BCUT2D eigenvalue weighted by Crippen LogP contribution is 2.23. The summed E-state index contributed by atoms with van der Waals surface area (Å²) in [6.45, 7) is 11.9. The molecule has 0 amide bonds. The highest BCUT2D eigenvalue weighted by molar-refractivity contribution is 8.23. The molecule has 2 rings (SSSR count). The lowest BCUT2D eigenvalue weighted by Crippen LogP contribution is -2.35. The molecule has 1 aliphatic rings. The second kappa shape index (κ2) is 8.49. The number of likely N-dealkylation sites (tertiary alicyclic amines) is 1. The van der Waals surface area contributed by atoms with E-state index < -0.39 is 6.10 Å². The van der Waals surface area contributed by atoms with E-state index in [0.717, 1.165) is 36.2 Å². The van der Waals surface area contributed by atoms with Gasteiger partial charge in [-0.25, -0.2) is 0 Å². The van der Waals surface area contributed by atoms with Crippen molar-refractivity contribution in [2.24, 2.45) is 5.92 Å². The molecule has 0 spiro atoms. The quantitative estimate of drug-likeness (QED) is 0.574. The van der Waals surface area contributed by atoms with Crippen molar-refractivity contribution in [3.05, 3.63) is 11.7 Å². The molecule has 1 aliphatic heterocycles. The summed E-state index contributed by atoms with van der Waals surface area (Å²) in [6.07, 6.45) is 1.73. The summed E-state index contributed by atoms with van der Waals surface area (Å²) in [5.41, 5.74) is -0.209. The van der Waals surface area contributed by atoms with Gasteiger partial charge >= 0.3 is 5.97 Å². The summed E-state index contributed by atoms with van der Waals surface area (Å²) in [4.78, 5) is 18.5. The predicted molar refractivity (Wildman–Crippen MR) is 103 cm³/mol. The van der Waals surface area contributed by atoms with Crippen molar-refractivity contribution in [3.63, 3.8) is 0 Å². The molecule has 0 N–H and O–H groups in total. The Morgan fingerprint density at radius 2 is 2.08 bits per heavy atom. The molecule has 1 aromatic rings. The average molecular weight is 386 g/mol. The van der Waals surface area contributed by atoms with Crippen LogP contribution in [0.15, 0.2) is 4.52 Å². The first-order valence-electron chi connectivity index (χ1n) is 8.62. The van der Waals surface area contributed by atoms with E-state index in [1.54, 1.807) is 6.92 Å². The molecule has 8 heteroatoms. The minimum Gasteiger partial charge on any atom is -0.452 e. The molecule has 0 saturated carbocycles. The summed E-state index contributed by atoms with van der Waals surface area (Å²) in [7, 11) is 0. The Labute approximate surface area is 159 Å². The van der Waals surface area contributed by atoms with E-state index >= 15 is 0 Å². The van der Waals surface area contributed by atoms with Gasteiger partial charge in [-0.1, -0.05) is 56.8 Å². The number of hydrogen-bond donors (Lipinski definition) is 0. The van der Waals surface area contributed by atoms with Crippen LogP contribution >= 0.6 is 24.0 Å². The molecule has 1 saturated heterocycles. The fourth-order valence-electron chi connectivity index (χ4n) is 2.39. The molecule has 0 radical (unpaired) electrons. The van der Waals surface area contributed by atoms with E-state index in [9.17, 15) is 4.79 Å². The summed E-state index contributed by atoms with van der Waals surface area (Å²) >= 11 is 6.78. The van der Waals surface area contributed by atoms with Gasteiger partial charge in [-0.15, -0.1) is 0 Å². The minimum atomic E-state index is -0.568. The molecule has 0 aromatic carbocycles. The lowest BCUT2D eigenvalue weighted by molar-refractivity contribution is -0.146. The Hall–Kier alpha value is -1.15. The molecule has 1 aromatic heterocycles. The number of thioether (sulfide) groups is 1. The highest BCUT2D eigenvalue weighted by Gasteiger charge is 2.25. The number of nitrogens with zero attached hydrogens (tertiary/aromatic N) is 3. The Morgan fingerprint density at radius 3 is 2.64 bits per heavy atom. The number of thiocarbonyl (C=S) groups is 1. The smallest absolute Gasteiger partial charge is 0.317 e. The van der Waals surface area contributed by atoms with E-state index in [0.29, 0.717) is 11.7 Å². The number of hydrogen-bond acceptors (Lipinski definition) is 7. The van der Waals surface area contributed by atoms with E-state index in [2.05, 4.69) is 22.0 Å². The highest BCUT2D eigenvalue weighted by atomic mass is 32.2. The monoisotopic (exact) mass is 385 g/mol. The number of carbonyl (C=O) groups excluding carboxylic acids is 1. The third-order valence-corrected chi connectivity index (χ3v) is 5.62.